The monoisotopic (exact) mass is 434 g/mol. The van der Waals surface area contributed by atoms with E-state index in [1.54, 1.807) is 17.3 Å². The number of amides is 1. The fourth-order valence-electron chi connectivity index (χ4n) is 4.73. The third-order valence-electron chi connectivity index (χ3n) is 6.45. The first-order valence-corrected chi connectivity index (χ1v) is 11.1. The summed E-state index contributed by atoms with van der Waals surface area (Å²) in [5, 5.41) is 3.28. The summed E-state index contributed by atoms with van der Waals surface area (Å²) < 4.78 is 14.5. The summed E-state index contributed by atoms with van der Waals surface area (Å²) in [4.78, 5) is 27.8. The molecule has 0 aliphatic carbocycles. The Balaban J connectivity index is 1.29. The maximum atomic E-state index is 14.5. The lowest BCUT2D eigenvalue weighted by Gasteiger charge is -2.37. The van der Waals surface area contributed by atoms with Crippen molar-refractivity contribution in [3.63, 3.8) is 0 Å². The molecule has 1 N–H and O–H groups in total. The first-order valence-electron chi connectivity index (χ1n) is 11.1. The fourth-order valence-corrected chi connectivity index (χ4v) is 4.73. The molecule has 1 aromatic carbocycles. The predicted octanol–water partition coefficient (Wildman–Crippen LogP) is 2.43. The van der Waals surface area contributed by atoms with Crippen molar-refractivity contribution in [2.45, 2.75) is 19.4 Å². The summed E-state index contributed by atoms with van der Waals surface area (Å²) in [6.45, 7) is 6.68. The van der Waals surface area contributed by atoms with Gasteiger partial charge in [-0.15, -0.1) is 0 Å². The smallest absolute Gasteiger partial charge is 0.228 e. The highest BCUT2D eigenvalue weighted by Crippen LogP contribution is 2.30. The van der Waals surface area contributed by atoms with Gasteiger partial charge in [-0.1, -0.05) is 12.2 Å². The Hall–Kier alpha value is -3.26. The van der Waals surface area contributed by atoms with Gasteiger partial charge in [-0.2, -0.15) is 0 Å². The number of nitrogens with one attached hydrogen (secondary N) is 1. The SMILES string of the molecule is CC1=C(c2cc(F)cc(N3CC(N4CCN(c5ncccn5)CC4)CC3=O)c2)C=CCN1. The molecule has 3 aliphatic rings. The highest BCUT2D eigenvalue weighted by molar-refractivity contribution is 5.97. The zero-order valence-electron chi connectivity index (χ0n) is 18.2. The lowest BCUT2D eigenvalue weighted by molar-refractivity contribution is -0.117. The van der Waals surface area contributed by atoms with Gasteiger partial charge in [0.25, 0.3) is 0 Å². The average Bonchev–Trinajstić information content (AvgIpc) is 3.21. The number of carbonyl (C=O) groups is 1. The molecule has 8 heteroatoms. The number of hydrogen-bond acceptors (Lipinski definition) is 6. The van der Waals surface area contributed by atoms with E-state index < -0.39 is 0 Å². The summed E-state index contributed by atoms with van der Waals surface area (Å²) in [6, 6.07) is 6.86. The van der Waals surface area contributed by atoms with Crippen LogP contribution in [-0.4, -0.2) is 66.1 Å². The van der Waals surface area contributed by atoms with E-state index in [9.17, 15) is 9.18 Å². The predicted molar refractivity (Wildman–Crippen MR) is 123 cm³/mol. The van der Waals surface area contributed by atoms with Gasteiger partial charge in [0.2, 0.25) is 11.9 Å². The second-order valence-electron chi connectivity index (χ2n) is 8.45. The van der Waals surface area contributed by atoms with Crippen LogP contribution in [0.15, 0.2) is 54.5 Å². The van der Waals surface area contributed by atoms with E-state index in [4.69, 9.17) is 0 Å². The molecule has 4 heterocycles. The van der Waals surface area contributed by atoms with Crippen molar-refractivity contribution in [3.05, 3.63) is 65.9 Å². The number of carbonyl (C=O) groups excluding carboxylic acids is 1. The number of nitrogens with zero attached hydrogens (tertiary/aromatic N) is 5. The van der Waals surface area contributed by atoms with Crippen molar-refractivity contribution >= 4 is 23.1 Å². The van der Waals surface area contributed by atoms with Crippen LogP contribution >= 0.6 is 0 Å². The van der Waals surface area contributed by atoms with E-state index in [-0.39, 0.29) is 17.8 Å². The highest BCUT2D eigenvalue weighted by Gasteiger charge is 2.36. The summed E-state index contributed by atoms with van der Waals surface area (Å²) in [5.41, 5.74) is 3.38. The Morgan fingerprint density at radius 3 is 2.62 bits per heavy atom. The number of aromatic nitrogens is 2. The molecule has 5 rings (SSSR count). The Morgan fingerprint density at radius 2 is 1.88 bits per heavy atom. The van der Waals surface area contributed by atoms with Gasteiger partial charge in [-0.05, 0) is 36.8 Å². The Morgan fingerprint density at radius 1 is 1.09 bits per heavy atom. The van der Waals surface area contributed by atoms with Crippen LogP contribution in [-0.2, 0) is 4.79 Å². The van der Waals surface area contributed by atoms with Gasteiger partial charge in [-0.25, -0.2) is 14.4 Å². The molecule has 7 nitrogen and oxygen atoms in total. The van der Waals surface area contributed by atoms with Crippen LogP contribution in [0.25, 0.3) is 5.57 Å². The Labute approximate surface area is 187 Å². The van der Waals surface area contributed by atoms with Crippen LogP contribution in [0.4, 0.5) is 16.0 Å². The molecule has 0 bridgehead atoms. The van der Waals surface area contributed by atoms with Crippen LogP contribution in [0.5, 0.6) is 0 Å². The number of hydrogen-bond donors (Lipinski definition) is 1. The summed E-state index contributed by atoms with van der Waals surface area (Å²) in [6.07, 6.45) is 7.99. The number of rotatable bonds is 4. The van der Waals surface area contributed by atoms with Gasteiger partial charge in [0, 0.05) is 81.1 Å². The standard InChI is InChI=1S/C24H27FN6O/c1-17-22(4-2-5-26-17)18-12-19(25)14-20(13-18)31-16-21(15-23(31)32)29-8-10-30(11-9-29)24-27-6-3-7-28-24/h2-4,6-7,12-14,21,26H,5,8-11,15-16H2,1H3. The zero-order chi connectivity index (χ0) is 22.1. The van der Waals surface area contributed by atoms with E-state index in [0.717, 1.165) is 55.5 Å². The minimum atomic E-state index is -0.329. The quantitative estimate of drug-likeness (QED) is 0.798. The van der Waals surface area contributed by atoms with Crippen LogP contribution in [0.3, 0.4) is 0 Å². The molecule has 2 fully saturated rings. The largest absolute Gasteiger partial charge is 0.385 e. The van der Waals surface area contributed by atoms with Gasteiger partial charge >= 0.3 is 0 Å². The van der Waals surface area contributed by atoms with E-state index in [2.05, 4.69) is 25.1 Å². The molecule has 2 aromatic rings. The number of benzene rings is 1. The molecule has 1 amide bonds. The first-order chi connectivity index (χ1) is 15.6. The third kappa shape index (κ3) is 4.10. The van der Waals surface area contributed by atoms with Gasteiger partial charge < -0.3 is 15.1 Å². The second-order valence-corrected chi connectivity index (χ2v) is 8.45. The molecule has 0 spiro atoms. The molecule has 2 saturated heterocycles. The summed E-state index contributed by atoms with van der Waals surface area (Å²) >= 11 is 0. The Kier molecular flexibility index (Phi) is 5.61. The Bertz CT molecular complexity index is 1060. The molecule has 32 heavy (non-hydrogen) atoms. The topological polar surface area (TPSA) is 64.6 Å². The molecular weight excluding hydrogens is 407 g/mol. The number of piperazine rings is 1. The molecule has 1 aromatic heterocycles. The normalized spacial score (nSPS) is 21.9. The van der Waals surface area contributed by atoms with Crippen LogP contribution < -0.4 is 15.1 Å². The molecular formula is C24H27FN6O. The van der Waals surface area contributed by atoms with Crippen molar-refractivity contribution in [2.75, 3.05) is 49.1 Å². The van der Waals surface area contributed by atoms with Crippen molar-refractivity contribution in [1.29, 1.82) is 0 Å². The van der Waals surface area contributed by atoms with Gasteiger partial charge in [0.05, 0.1) is 0 Å². The lowest BCUT2D eigenvalue weighted by atomic mass is 10.0. The minimum Gasteiger partial charge on any atom is -0.385 e. The van der Waals surface area contributed by atoms with E-state index in [1.807, 2.05) is 31.2 Å². The van der Waals surface area contributed by atoms with E-state index in [0.29, 0.717) is 18.7 Å². The van der Waals surface area contributed by atoms with Crippen molar-refractivity contribution in [3.8, 4) is 0 Å². The van der Waals surface area contributed by atoms with Crippen molar-refractivity contribution < 1.29 is 9.18 Å². The summed E-state index contributed by atoms with van der Waals surface area (Å²) in [5.74, 6) is 0.465. The van der Waals surface area contributed by atoms with Gasteiger partial charge in [0.1, 0.15) is 5.82 Å². The molecule has 1 unspecified atom stereocenters. The fraction of sp³-hybridized carbons (Fsp3) is 0.375. The van der Waals surface area contributed by atoms with Gasteiger partial charge in [0.15, 0.2) is 0 Å². The summed E-state index contributed by atoms with van der Waals surface area (Å²) in [7, 11) is 0. The van der Waals surface area contributed by atoms with E-state index >= 15 is 0 Å². The molecule has 0 saturated carbocycles. The second kappa shape index (κ2) is 8.70. The first kappa shape index (κ1) is 20.6. The maximum absolute atomic E-state index is 14.5. The molecule has 3 aliphatic heterocycles. The zero-order valence-corrected chi connectivity index (χ0v) is 18.2. The van der Waals surface area contributed by atoms with Crippen LogP contribution in [0.2, 0.25) is 0 Å². The highest BCUT2D eigenvalue weighted by atomic mass is 19.1. The van der Waals surface area contributed by atoms with Crippen LogP contribution in [0.1, 0.15) is 18.9 Å². The number of dihydropyridines is 1. The van der Waals surface area contributed by atoms with Gasteiger partial charge in [-0.3, -0.25) is 9.69 Å². The lowest BCUT2D eigenvalue weighted by Crippen LogP contribution is -2.51. The van der Waals surface area contributed by atoms with Crippen molar-refractivity contribution in [1.82, 2.24) is 20.2 Å². The number of halogens is 1. The number of anilines is 2. The average molecular weight is 435 g/mol. The molecule has 0 radical (unpaired) electrons. The minimum absolute atomic E-state index is 0.0448. The third-order valence-corrected chi connectivity index (χ3v) is 6.45. The van der Waals surface area contributed by atoms with Crippen molar-refractivity contribution in [2.24, 2.45) is 0 Å². The molecule has 166 valence electrons. The maximum Gasteiger partial charge on any atom is 0.228 e. The van der Waals surface area contributed by atoms with Crippen LogP contribution in [0, 0.1) is 5.82 Å². The number of allylic oxidation sites excluding steroid dienone is 3. The van der Waals surface area contributed by atoms with E-state index in [1.165, 1.54) is 12.1 Å². The molecule has 1 atom stereocenters.